The van der Waals surface area contributed by atoms with Gasteiger partial charge in [0.25, 0.3) is 11.5 Å². The second-order valence-electron chi connectivity index (χ2n) is 6.90. The Hall–Kier alpha value is -3.58. The molecule has 0 bridgehead atoms. The fraction of sp³-hybridized carbons (Fsp3) is 0.208. The molecule has 0 fully saturated rings. The molecule has 0 atom stereocenters. The van der Waals surface area contributed by atoms with E-state index in [1.165, 1.54) is 16.8 Å². The maximum atomic E-state index is 12.7. The Morgan fingerprint density at radius 3 is 2.72 bits per heavy atom. The number of benzene rings is 2. The normalized spacial score (nSPS) is 10.8. The lowest BCUT2D eigenvalue weighted by molar-refractivity contribution is 0.0953. The average Bonchev–Trinajstić information content (AvgIpc) is 2.80. The molecule has 7 nitrogen and oxygen atoms in total. The summed E-state index contributed by atoms with van der Waals surface area (Å²) in [5, 5.41) is 4.52. The van der Waals surface area contributed by atoms with Gasteiger partial charge in [-0.15, -0.1) is 0 Å². The molecule has 0 aliphatic heterocycles. The van der Waals surface area contributed by atoms with Crippen LogP contribution in [-0.2, 0) is 6.54 Å². The van der Waals surface area contributed by atoms with Crippen molar-refractivity contribution < 1.29 is 14.3 Å². The van der Waals surface area contributed by atoms with E-state index >= 15 is 0 Å². The van der Waals surface area contributed by atoms with Gasteiger partial charge in [0, 0.05) is 11.2 Å². The number of hydrogen-bond acceptors (Lipinski definition) is 5. The number of carbonyl (C=O) groups excluding carboxylic acids is 1. The van der Waals surface area contributed by atoms with E-state index in [1.54, 1.807) is 43.6 Å². The first-order chi connectivity index (χ1) is 15.5. The van der Waals surface area contributed by atoms with Crippen molar-refractivity contribution in [2.45, 2.75) is 19.9 Å². The predicted molar refractivity (Wildman–Crippen MR) is 125 cm³/mol. The molecule has 3 aromatic rings. The monoisotopic (exact) mass is 453 g/mol. The van der Waals surface area contributed by atoms with Crippen LogP contribution < -0.4 is 20.5 Å². The van der Waals surface area contributed by atoms with Crippen LogP contribution in [0.15, 0.2) is 70.7 Å². The van der Waals surface area contributed by atoms with E-state index < -0.39 is 11.5 Å². The first-order valence-corrected chi connectivity index (χ1v) is 10.5. The molecule has 0 saturated carbocycles. The van der Waals surface area contributed by atoms with Crippen molar-refractivity contribution >= 4 is 23.7 Å². The third kappa shape index (κ3) is 5.76. The van der Waals surface area contributed by atoms with Crippen LogP contribution in [0, 0.1) is 0 Å². The Kier molecular flexibility index (Phi) is 8.05. The van der Waals surface area contributed by atoms with Crippen molar-refractivity contribution in [1.29, 1.82) is 0 Å². The second-order valence-corrected chi connectivity index (χ2v) is 7.31. The van der Waals surface area contributed by atoms with Crippen molar-refractivity contribution in [2.24, 2.45) is 5.10 Å². The quantitative estimate of drug-likeness (QED) is 0.390. The zero-order valence-corrected chi connectivity index (χ0v) is 18.6. The highest BCUT2D eigenvalue weighted by molar-refractivity contribution is 6.31. The standard InChI is InChI=1S/C24H24ClN3O4/c1-3-13-32-21-11-10-17(14-22(21)31-2)15-26-27-23(29)19-8-6-12-28(24(19)30)16-18-7-4-5-9-20(18)25/h4-12,14-15H,3,13,16H2,1-2H3,(H,27,29)/b26-15-. The van der Waals surface area contributed by atoms with Gasteiger partial charge in [-0.05, 0) is 53.9 Å². The summed E-state index contributed by atoms with van der Waals surface area (Å²) in [6, 6.07) is 15.7. The zero-order chi connectivity index (χ0) is 22.9. The highest BCUT2D eigenvalue weighted by atomic mass is 35.5. The van der Waals surface area contributed by atoms with Crippen LogP contribution in [0.4, 0.5) is 0 Å². The maximum Gasteiger partial charge on any atom is 0.276 e. The number of ether oxygens (including phenoxy) is 2. The predicted octanol–water partition coefficient (Wildman–Crippen LogP) is 4.11. The number of amides is 1. The van der Waals surface area contributed by atoms with Gasteiger partial charge in [-0.25, -0.2) is 5.43 Å². The topological polar surface area (TPSA) is 81.9 Å². The second kappa shape index (κ2) is 11.2. The number of hydrogen-bond donors (Lipinski definition) is 1. The van der Waals surface area contributed by atoms with Gasteiger partial charge < -0.3 is 14.0 Å². The number of aromatic nitrogens is 1. The molecule has 1 aromatic heterocycles. The molecule has 2 aromatic carbocycles. The number of nitrogens with zero attached hydrogens (tertiary/aromatic N) is 2. The molecule has 166 valence electrons. The minimum Gasteiger partial charge on any atom is -0.493 e. The van der Waals surface area contributed by atoms with E-state index in [1.807, 2.05) is 25.1 Å². The van der Waals surface area contributed by atoms with Gasteiger partial charge in [0.1, 0.15) is 5.56 Å². The highest BCUT2D eigenvalue weighted by Gasteiger charge is 2.12. The van der Waals surface area contributed by atoms with Gasteiger partial charge in [0.05, 0.1) is 26.5 Å². The van der Waals surface area contributed by atoms with Crippen molar-refractivity contribution in [2.75, 3.05) is 13.7 Å². The van der Waals surface area contributed by atoms with Gasteiger partial charge >= 0.3 is 0 Å². The summed E-state index contributed by atoms with van der Waals surface area (Å²) in [6.45, 7) is 2.87. The number of methoxy groups -OCH3 is 1. The van der Waals surface area contributed by atoms with E-state index in [4.69, 9.17) is 21.1 Å². The van der Waals surface area contributed by atoms with Gasteiger partial charge in [-0.2, -0.15) is 5.10 Å². The molecule has 32 heavy (non-hydrogen) atoms. The Morgan fingerprint density at radius 1 is 1.16 bits per heavy atom. The molecular formula is C24H24ClN3O4. The van der Waals surface area contributed by atoms with Crippen LogP contribution in [0.3, 0.4) is 0 Å². The van der Waals surface area contributed by atoms with Crippen LogP contribution in [0.2, 0.25) is 5.02 Å². The lowest BCUT2D eigenvalue weighted by Gasteiger charge is -2.10. The summed E-state index contributed by atoms with van der Waals surface area (Å²) in [4.78, 5) is 25.3. The number of carbonyl (C=O) groups is 1. The van der Waals surface area contributed by atoms with Gasteiger partial charge in [0.15, 0.2) is 11.5 Å². The van der Waals surface area contributed by atoms with E-state index in [0.29, 0.717) is 28.7 Å². The lowest BCUT2D eigenvalue weighted by Crippen LogP contribution is -2.31. The molecule has 0 aliphatic carbocycles. The molecule has 0 saturated heterocycles. The SMILES string of the molecule is CCCOc1ccc(/C=N\NC(=O)c2cccn(Cc3ccccc3Cl)c2=O)cc1OC. The van der Waals surface area contributed by atoms with Crippen molar-refractivity contribution in [3.05, 3.63) is 92.9 Å². The first kappa shape index (κ1) is 23.1. The number of halogens is 1. The van der Waals surface area contributed by atoms with Gasteiger partial charge in [-0.3, -0.25) is 9.59 Å². The van der Waals surface area contributed by atoms with Crippen molar-refractivity contribution in [3.63, 3.8) is 0 Å². The average molecular weight is 454 g/mol. The molecule has 3 rings (SSSR count). The maximum absolute atomic E-state index is 12.7. The van der Waals surface area contributed by atoms with E-state index in [2.05, 4.69) is 10.5 Å². The number of rotatable bonds is 9. The highest BCUT2D eigenvalue weighted by Crippen LogP contribution is 2.27. The molecular weight excluding hydrogens is 430 g/mol. The molecule has 0 spiro atoms. The van der Waals surface area contributed by atoms with Crippen LogP contribution >= 0.6 is 11.6 Å². The zero-order valence-electron chi connectivity index (χ0n) is 17.9. The molecule has 0 unspecified atom stereocenters. The summed E-state index contributed by atoms with van der Waals surface area (Å²) in [7, 11) is 1.56. The number of hydrazone groups is 1. The Labute approximate surface area is 191 Å². The van der Waals surface area contributed by atoms with Crippen LogP contribution in [0.5, 0.6) is 11.5 Å². The van der Waals surface area contributed by atoms with Crippen molar-refractivity contribution in [3.8, 4) is 11.5 Å². The fourth-order valence-corrected chi connectivity index (χ4v) is 3.16. The fourth-order valence-electron chi connectivity index (χ4n) is 2.97. The molecule has 1 heterocycles. The number of nitrogens with one attached hydrogen (secondary N) is 1. The summed E-state index contributed by atoms with van der Waals surface area (Å²) in [5.74, 6) is 0.604. The smallest absolute Gasteiger partial charge is 0.276 e. The Balaban J connectivity index is 1.70. The van der Waals surface area contributed by atoms with Crippen LogP contribution in [0.1, 0.15) is 34.8 Å². The Bertz CT molecular complexity index is 1170. The largest absolute Gasteiger partial charge is 0.493 e. The van der Waals surface area contributed by atoms with Crippen LogP contribution in [0.25, 0.3) is 0 Å². The van der Waals surface area contributed by atoms with Gasteiger partial charge in [-0.1, -0.05) is 36.7 Å². The first-order valence-electron chi connectivity index (χ1n) is 10.1. The third-order valence-corrected chi connectivity index (χ3v) is 4.96. The summed E-state index contributed by atoms with van der Waals surface area (Å²) >= 11 is 6.18. The third-order valence-electron chi connectivity index (χ3n) is 4.59. The number of pyridine rings is 1. The molecule has 1 N–H and O–H groups in total. The van der Waals surface area contributed by atoms with Gasteiger partial charge in [0.2, 0.25) is 0 Å². The molecule has 1 amide bonds. The Morgan fingerprint density at radius 2 is 1.97 bits per heavy atom. The minimum atomic E-state index is -0.602. The minimum absolute atomic E-state index is 0.0161. The lowest BCUT2D eigenvalue weighted by atomic mass is 10.2. The van der Waals surface area contributed by atoms with Crippen molar-refractivity contribution in [1.82, 2.24) is 9.99 Å². The van der Waals surface area contributed by atoms with Crippen LogP contribution in [-0.4, -0.2) is 30.4 Å². The van der Waals surface area contributed by atoms with E-state index in [-0.39, 0.29) is 12.1 Å². The molecule has 8 heteroatoms. The van der Waals surface area contributed by atoms with E-state index in [0.717, 1.165) is 12.0 Å². The molecule has 0 aliphatic rings. The molecule has 0 radical (unpaired) electrons. The summed E-state index contributed by atoms with van der Waals surface area (Å²) in [6.07, 6.45) is 3.97. The summed E-state index contributed by atoms with van der Waals surface area (Å²) in [5.41, 5.74) is 3.44. The summed E-state index contributed by atoms with van der Waals surface area (Å²) < 4.78 is 12.4. The van der Waals surface area contributed by atoms with E-state index in [9.17, 15) is 9.59 Å².